The quantitative estimate of drug-likeness (QED) is 0.132. The molecule has 0 amide bonds. The van der Waals surface area contributed by atoms with Crippen LogP contribution < -0.4 is 9.47 Å². The smallest absolute Gasteiger partial charge is 0.349 e. The number of aryl methyl sites for hydroxylation is 2. The van der Waals surface area contributed by atoms with Crippen molar-refractivity contribution in [2.45, 2.75) is 20.3 Å². The molecule has 0 aliphatic carbocycles. The first-order chi connectivity index (χ1) is 18.5. The summed E-state index contributed by atoms with van der Waals surface area (Å²) in [6.45, 7) is 2.74. The summed E-state index contributed by atoms with van der Waals surface area (Å²) in [4.78, 5) is 25.4. The first kappa shape index (κ1) is 28.1. The van der Waals surface area contributed by atoms with E-state index in [1.165, 1.54) is 62.4 Å². The van der Waals surface area contributed by atoms with Crippen molar-refractivity contribution in [2.24, 2.45) is 0 Å². The minimum atomic E-state index is -1.28. The van der Waals surface area contributed by atoms with Gasteiger partial charge in [0, 0.05) is 27.6 Å². The van der Waals surface area contributed by atoms with Gasteiger partial charge in [-0.15, -0.1) is 0 Å². The van der Waals surface area contributed by atoms with Crippen LogP contribution in [0.1, 0.15) is 43.0 Å². The highest BCUT2D eigenvalue weighted by Crippen LogP contribution is 2.32. The first-order valence-electron chi connectivity index (χ1n) is 11.4. The molecule has 0 aliphatic rings. The van der Waals surface area contributed by atoms with Crippen molar-refractivity contribution >= 4 is 35.1 Å². The third kappa shape index (κ3) is 6.08. The maximum Gasteiger partial charge on any atom is 0.349 e. The first-order valence-corrected chi connectivity index (χ1v) is 12.1. The Bertz CT molecular complexity index is 1500. The third-order valence-electron chi connectivity index (χ3n) is 5.81. The van der Waals surface area contributed by atoms with Gasteiger partial charge in [-0.25, -0.2) is 27.2 Å². The number of rotatable bonds is 6. The van der Waals surface area contributed by atoms with Gasteiger partial charge in [0.2, 0.25) is 0 Å². The van der Waals surface area contributed by atoms with Crippen LogP contribution in [-0.4, -0.2) is 11.9 Å². The average molecular weight is 577 g/mol. The van der Waals surface area contributed by atoms with Crippen LogP contribution in [0.3, 0.4) is 0 Å². The fourth-order valence-electron chi connectivity index (χ4n) is 3.77. The lowest BCUT2D eigenvalue weighted by atomic mass is 10.0. The molecule has 0 heterocycles. The van der Waals surface area contributed by atoms with Crippen molar-refractivity contribution < 1.29 is 36.6 Å². The Kier molecular flexibility index (Phi) is 8.28. The van der Waals surface area contributed by atoms with Crippen molar-refractivity contribution in [2.75, 3.05) is 0 Å². The Morgan fingerprint density at radius 1 is 0.641 bits per heavy atom. The normalized spacial score (nSPS) is 10.9. The molecule has 4 nitrogen and oxygen atoms in total. The molecule has 0 N–H and O–H groups in total. The number of esters is 2. The molecule has 0 aliphatic heterocycles. The summed E-state index contributed by atoms with van der Waals surface area (Å²) in [5.74, 6) is -7.04. The zero-order valence-electron chi connectivity index (χ0n) is 20.4. The summed E-state index contributed by atoms with van der Waals surface area (Å²) in [5.41, 5.74) is -1.11. The average Bonchev–Trinajstić information content (AvgIpc) is 2.87. The largest absolute Gasteiger partial charge is 0.422 e. The number of carbonyl (C=O) groups excluding carboxylic acids is 2. The summed E-state index contributed by atoms with van der Waals surface area (Å²) in [7, 11) is 0. The Labute approximate surface area is 230 Å². The van der Waals surface area contributed by atoms with Gasteiger partial charge in [0.15, 0.2) is 0 Å². The van der Waals surface area contributed by atoms with E-state index in [2.05, 4.69) is 0 Å². The van der Waals surface area contributed by atoms with Gasteiger partial charge in [-0.2, -0.15) is 0 Å². The molecule has 0 aromatic heterocycles. The fraction of sp³-hybridized carbons (Fsp3) is 0.103. The van der Waals surface area contributed by atoms with E-state index in [1.807, 2.05) is 0 Å². The number of carbonyl (C=O) groups is 2. The molecule has 10 heteroatoms. The van der Waals surface area contributed by atoms with Gasteiger partial charge in [-0.3, -0.25) is 0 Å². The van der Waals surface area contributed by atoms with Gasteiger partial charge in [0.05, 0.1) is 0 Å². The number of hydrogen-bond donors (Lipinski definition) is 0. The lowest BCUT2D eigenvalue weighted by molar-refractivity contribution is 0.0714. The summed E-state index contributed by atoms with van der Waals surface area (Å²) in [6, 6.07) is 12.6. The highest BCUT2D eigenvalue weighted by atomic mass is 35.5. The van der Waals surface area contributed by atoms with Gasteiger partial charge < -0.3 is 9.47 Å². The van der Waals surface area contributed by atoms with Gasteiger partial charge in [-0.1, -0.05) is 35.3 Å². The number of hydrogen-bond acceptors (Lipinski definition) is 4. The van der Waals surface area contributed by atoms with Crippen molar-refractivity contribution in [3.05, 3.63) is 127 Å². The van der Waals surface area contributed by atoms with Crippen LogP contribution >= 0.6 is 23.2 Å². The Balaban J connectivity index is 1.68. The van der Waals surface area contributed by atoms with E-state index in [9.17, 15) is 27.2 Å². The van der Waals surface area contributed by atoms with Crippen LogP contribution in [0.25, 0.3) is 0 Å². The lowest BCUT2D eigenvalue weighted by Gasteiger charge is -2.15. The van der Waals surface area contributed by atoms with E-state index in [4.69, 9.17) is 32.7 Å². The van der Waals surface area contributed by atoms with Gasteiger partial charge in [0.25, 0.3) is 0 Å². The molecule has 4 rings (SSSR count). The predicted molar refractivity (Wildman–Crippen MR) is 138 cm³/mol. The Morgan fingerprint density at radius 2 is 1.03 bits per heavy atom. The Morgan fingerprint density at radius 3 is 1.41 bits per heavy atom. The van der Waals surface area contributed by atoms with E-state index in [1.54, 1.807) is 0 Å². The summed E-state index contributed by atoms with van der Waals surface area (Å²) in [6.07, 6.45) is -0.107. The molecule has 4 aromatic carbocycles. The maximum absolute atomic E-state index is 14.5. The minimum Gasteiger partial charge on any atom is -0.422 e. The van der Waals surface area contributed by atoms with E-state index in [0.717, 1.165) is 12.1 Å². The predicted octanol–water partition coefficient (Wildman–Crippen LogP) is 8.20. The number of benzene rings is 4. The molecule has 0 saturated heterocycles. The van der Waals surface area contributed by atoms with Gasteiger partial charge in [-0.05, 0) is 73.5 Å². The minimum absolute atomic E-state index is 0.0477. The van der Waals surface area contributed by atoms with Gasteiger partial charge in [0.1, 0.15) is 45.9 Å². The molecule has 4 aromatic rings. The molecule has 0 bridgehead atoms. The van der Waals surface area contributed by atoms with Crippen LogP contribution in [0.4, 0.5) is 17.6 Å². The molecule has 0 spiro atoms. The van der Waals surface area contributed by atoms with Crippen molar-refractivity contribution in [1.82, 2.24) is 0 Å². The highest BCUT2D eigenvalue weighted by Gasteiger charge is 2.24. The third-order valence-corrected chi connectivity index (χ3v) is 6.28. The van der Waals surface area contributed by atoms with Crippen LogP contribution in [0.15, 0.2) is 60.7 Å². The fourth-order valence-corrected chi connectivity index (χ4v) is 4.16. The topological polar surface area (TPSA) is 52.6 Å². The molecule has 0 unspecified atom stereocenters. The molecular weight excluding hydrogens is 559 g/mol. The molecule has 0 radical (unpaired) electrons. The van der Waals surface area contributed by atoms with E-state index >= 15 is 0 Å². The second kappa shape index (κ2) is 11.5. The van der Waals surface area contributed by atoms with E-state index in [-0.39, 0.29) is 50.2 Å². The summed E-state index contributed by atoms with van der Waals surface area (Å²) < 4.78 is 68.1. The van der Waals surface area contributed by atoms with Crippen LogP contribution in [0.5, 0.6) is 11.5 Å². The Hall–Kier alpha value is -3.88. The summed E-state index contributed by atoms with van der Waals surface area (Å²) in [5, 5.41) is 0.476. The lowest BCUT2D eigenvalue weighted by Crippen LogP contribution is -2.16. The van der Waals surface area contributed by atoms with E-state index < -0.39 is 46.3 Å². The maximum atomic E-state index is 14.5. The monoisotopic (exact) mass is 576 g/mol. The van der Waals surface area contributed by atoms with Crippen molar-refractivity contribution in [1.29, 1.82) is 0 Å². The molecule has 0 atom stereocenters. The van der Waals surface area contributed by atoms with Crippen LogP contribution in [0, 0.1) is 37.1 Å². The zero-order valence-corrected chi connectivity index (χ0v) is 21.9. The van der Waals surface area contributed by atoms with Crippen LogP contribution in [-0.2, 0) is 6.42 Å². The summed E-state index contributed by atoms with van der Waals surface area (Å²) >= 11 is 12.3. The van der Waals surface area contributed by atoms with Crippen molar-refractivity contribution in [3.8, 4) is 11.5 Å². The molecule has 200 valence electrons. The molecule has 0 saturated carbocycles. The van der Waals surface area contributed by atoms with Crippen LogP contribution in [0.2, 0.25) is 10.0 Å². The highest BCUT2D eigenvalue weighted by molar-refractivity contribution is 6.31. The van der Waals surface area contributed by atoms with E-state index in [0.29, 0.717) is 0 Å². The van der Waals surface area contributed by atoms with Crippen molar-refractivity contribution in [3.63, 3.8) is 0 Å². The SMILES string of the molecule is Cc1ccc(F)c(C(=O)Oc2ccc(Cl)cc2Cc2cc(Cl)ccc2OC(=O)c2c(F)ccc(C)c2F)c1F. The molecule has 39 heavy (non-hydrogen) atoms. The molecular formula is C29H18Cl2F4O4. The number of ether oxygens (including phenoxy) is 2. The standard InChI is InChI=1S/C29H18Cl2F4O4/c1-14-3-7-20(32)24(26(14)34)28(36)38-22-9-5-18(30)12-16(22)11-17-13-19(31)6-10-23(17)39-29(37)25-21(33)8-4-15(2)27(25)35/h3-10,12-13H,11H2,1-2H3. The molecule has 0 fully saturated rings. The number of halogens is 6. The van der Waals surface area contributed by atoms with Gasteiger partial charge >= 0.3 is 11.9 Å². The zero-order chi connectivity index (χ0) is 28.4. The second-order valence-corrected chi connectivity index (χ2v) is 9.44. The second-order valence-electron chi connectivity index (χ2n) is 8.57.